The summed E-state index contributed by atoms with van der Waals surface area (Å²) in [5, 5.41) is 14.7. The van der Waals surface area contributed by atoms with Gasteiger partial charge in [0.25, 0.3) is 0 Å². The van der Waals surface area contributed by atoms with Gasteiger partial charge >= 0.3 is 0 Å². The van der Waals surface area contributed by atoms with Crippen LogP contribution in [0.15, 0.2) is 6.20 Å². The van der Waals surface area contributed by atoms with Crippen LogP contribution in [0.2, 0.25) is 0 Å². The third kappa shape index (κ3) is 1.60. The molecule has 2 rings (SSSR count). The molecular weight excluding hydrogens is 206 g/mol. The van der Waals surface area contributed by atoms with E-state index in [4.69, 9.17) is 10.5 Å². The Morgan fingerprint density at radius 1 is 1.62 bits per heavy atom. The molecule has 0 atom stereocenters. The molecule has 3 N–H and O–H groups in total. The topological polar surface area (TPSA) is 73.3 Å². The molecule has 0 radical (unpaired) electrons. The van der Waals surface area contributed by atoms with Crippen LogP contribution < -0.4 is 10.5 Å². The molecule has 5 heteroatoms. The molecule has 1 saturated carbocycles. The van der Waals surface area contributed by atoms with Crippen LogP contribution in [-0.4, -0.2) is 28.0 Å². The van der Waals surface area contributed by atoms with Crippen molar-refractivity contribution < 1.29 is 9.84 Å². The van der Waals surface area contributed by atoms with E-state index in [0.717, 1.165) is 5.69 Å². The maximum atomic E-state index is 10.5. The number of ether oxygens (including phenoxy) is 1. The van der Waals surface area contributed by atoms with Crippen LogP contribution in [-0.2, 0) is 5.60 Å². The van der Waals surface area contributed by atoms with Crippen molar-refractivity contribution in [2.24, 2.45) is 5.73 Å². The van der Waals surface area contributed by atoms with Crippen molar-refractivity contribution in [3.05, 3.63) is 11.9 Å². The number of hydrogen-bond acceptors (Lipinski definition) is 4. The molecular formula is C11H19N3O2. The number of methoxy groups -OCH3 is 1. The van der Waals surface area contributed by atoms with Gasteiger partial charge < -0.3 is 15.6 Å². The molecule has 0 unspecified atom stereocenters. The highest BCUT2D eigenvalue weighted by Crippen LogP contribution is 2.44. The van der Waals surface area contributed by atoms with E-state index in [1.807, 2.05) is 18.5 Å². The van der Waals surface area contributed by atoms with Gasteiger partial charge in [-0.15, -0.1) is 0 Å². The Bertz CT molecular complexity index is 381. The number of nitrogens with two attached hydrogens (primary N) is 1. The largest absolute Gasteiger partial charge is 0.493 e. The molecule has 0 bridgehead atoms. The third-order valence-corrected chi connectivity index (χ3v) is 3.11. The number of nitrogens with zero attached hydrogens (tertiary/aromatic N) is 2. The average molecular weight is 225 g/mol. The van der Waals surface area contributed by atoms with E-state index < -0.39 is 5.60 Å². The lowest BCUT2D eigenvalue weighted by Crippen LogP contribution is -2.50. The fourth-order valence-electron chi connectivity index (χ4n) is 2.33. The molecule has 90 valence electrons. The lowest BCUT2D eigenvalue weighted by Gasteiger charge is -2.42. The Morgan fingerprint density at radius 3 is 2.69 bits per heavy atom. The van der Waals surface area contributed by atoms with Gasteiger partial charge in [-0.25, -0.2) is 0 Å². The van der Waals surface area contributed by atoms with Crippen molar-refractivity contribution in [2.75, 3.05) is 7.11 Å². The fraction of sp³-hybridized carbons (Fsp3) is 0.727. The van der Waals surface area contributed by atoms with Crippen LogP contribution in [0.4, 0.5) is 0 Å². The van der Waals surface area contributed by atoms with Crippen molar-refractivity contribution in [3.63, 3.8) is 0 Å². The molecule has 1 aromatic heterocycles. The van der Waals surface area contributed by atoms with Gasteiger partial charge in [-0.1, -0.05) is 0 Å². The van der Waals surface area contributed by atoms with E-state index in [1.165, 1.54) is 0 Å². The summed E-state index contributed by atoms with van der Waals surface area (Å²) in [5.41, 5.74) is 5.63. The van der Waals surface area contributed by atoms with Crippen LogP contribution >= 0.6 is 0 Å². The minimum atomic E-state index is -0.870. The summed E-state index contributed by atoms with van der Waals surface area (Å²) in [6.45, 7) is 4.05. The first-order valence-electron chi connectivity index (χ1n) is 5.58. The number of aliphatic hydroxyl groups is 1. The highest BCUT2D eigenvalue weighted by atomic mass is 16.5. The summed E-state index contributed by atoms with van der Waals surface area (Å²) in [6, 6.07) is 0.268. The predicted octanol–water partition coefficient (Wildman–Crippen LogP) is 0.781. The zero-order valence-electron chi connectivity index (χ0n) is 9.97. The van der Waals surface area contributed by atoms with Crippen LogP contribution in [0.3, 0.4) is 0 Å². The summed E-state index contributed by atoms with van der Waals surface area (Å²) >= 11 is 0. The second kappa shape index (κ2) is 3.75. The maximum absolute atomic E-state index is 10.5. The van der Waals surface area contributed by atoms with E-state index >= 15 is 0 Å². The molecule has 5 nitrogen and oxygen atoms in total. The normalized spacial score (nSPS) is 29.2. The first-order valence-corrected chi connectivity index (χ1v) is 5.58. The molecule has 0 amide bonds. The van der Waals surface area contributed by atoms with Gasteiger partial charge in [0, 0.05) is 12.1 Å². The first-order chi connectivity index (χ1) is 7.48. The maximum Gasteiger partial charge on any atom is 0.162 e. The van der Waals surface area contributed by atoms with Crippen molar-refractivity contribution in [3.8, 4) is 5.75 Å². The van der Waals surface area contributed by atoms with Gasteiger partial charge in [-0.3, -0.25) is 4.68 Å². The zero-order valence-corrected chi connectivity index (χ0v) is 9.97. The van der Waals surface area contributed by atoms with Crippen molar-refractivity contribution in [2.45, 2.75) is 44.4 Å². The van der Waals surface area contributed by atoms with E-state index in [0.29, 0.717) is 18.6 Å². The highest BCUT2D eigenvalue weighted by Gasteiger charge is 2.46. The SMILES string of the molecule is COc1cnn(C(C)C)c1C1(O)CC(N)C1. The smallest absolute Gasteiger partial charge is 0.162 e. The van der Waals surface area contributed by atoms with E-state index in [1.54, 1.807) is 13.3 Å². The number of aromatic nitrogens is 2. The van der Waals surface area contributed by atoms with Crippen LogP contribution in [0.5, 0.6) is 5.75 Å². The minimum absolute atomic E-state index is 0.0743. The van der Waals surface area contributed by atoms with Crippen molar-refractivity contribution >= 4 is 0 Å². The molecule has 0 spiro atoms. The summed E-state index contributed by atoms with van der Waals surface area (Å²) < 4.78 is 7.06. The summed E-state index contributed by atoms with van der Waals surface area (Å²) in [5.74, 6) is 0.642. The van der Waals surface area contributed by atoms with E-state index in [9.17, 15) is 5.11 Å². The molecule has 16 heavy (non-hydrogen) atoms. The van der Waals surface area contributed by atoms with Gasteiger partial charge in [0.15, 0.2) is 5.75 Å². The Balaban J connectivity index is 2.41. The van der Waals surface area contributed by atoms with Gasteiger partial charge in [-0.05, 0) is 26.7 Å². The van der Waals surface area contributed by atoms with Crippen LogP contribution in [0.25, 0.3) is 0 Å². The van der Waals surface area contributed by atoms with Gasteiger partial charge in [0.2, 0.25) is 0 Å². The van der Waals surface area contributed by atoms with Crippen molar-refractivity contribution in [1.29, 1.82) is 0 Å². The predicted molar refractivity (Wildman–Crippen MR) is 60.3 cm³/mol. The molecule has 0 aromatic carbocycles. The first kappa shape index (κ1) is 11.4. The summed E-state index contributed by atoms with van der Waals surface area (Å²) in [6.07, 6.45) is 2.79. The molecule has 1 aromatic rings. The third-order valence-electron chi connectivity index (χ3n) is 3.11. The molecule has 0 aliphatic heterocycles. The Hall–Kier alpha value is -1.07. The fourth-order valence-corrected chi connectivity index (χ4v) is 2.33. The summed E-state index contributed by atoms with van der Waals surface area (Å²) in [7, 11) is 1.59. The number of hydrogen-bond donors (Lipinski definition) is 2. The molecule has 1 heterocycles. The molecule has 1 aliphatic carbocycles. The van der Waals surface area contributed by atoms with E-state index in [2.05, 4.69) is 5.10 Å². The molecule has 0 saturated heterocycles. The van der Waals surface area contributed by atoms with Gasteiger partial charge in [0.05, 0.1) is 13.3 Å². The Labute approximate surface area is 95.2 Å². The summed E-state index contributed by atoms with van der Waals surface area (Å²) in [4.78, 5) is 0. The monoisotopic (exact) mass is 225 g/mol. The second-order valence-corrected chi connectivity index (χ2v) is 4.80. The number of rotatable bonds is 3. The van der Waals surface area contributed by atoms with E-state index in [-0.39, 0.29) is 12.1 Å². The van der Waals surface area contributed by atoms with Gasteiger partial charge in [-0.2, -0.15) is 5.10 Å². The lowest BCUT2D eigenvalue weighted by atomic mass is 9.73. The Kier molecular flexibility index (Phi) is 2.67. The van der Waals surface area contributed by atoms with Gasteiger partial charge in [0.1, 0.15) is 11.3 Å². The molecule has 1 fully saturated rings. The van der Waals surface area contributed by atoms with Crippen LogP contribution in [0, 0.1) is 0 Å². The second-order valence-electron chi connectivity index (χ2n) is 4.80. The van der Waals surface area contributed by atoms with Crippen LogP contribution in [0.1, 0.15) is 38.4 Å². The Morgan fingerprint density at radius 2 is 2.25 bits per heavy atom. The minimum Gasteiger partial charge on any atom is -0.493 e. The zero-order chi connectivity index (χ0) is 11.9. The standard InChI is InChI=1S/C11H19N3O2/c1-7(2)14-10(9(16-3)6-13-14)11(15)4-8(12)5-11/h6-8,15H,4-5,12H2,1-3H3. The van der Waals surface area contributed by atoms with Crippen molar-refractivity contribution in [1.82, 2.24) is 9.78 Å². The average Bonchev–Trinajstić information content (AvgIpc) is 2.58. The quantitative estimate of drug-likeness (QED) is 0.797. The highest BCUT2D eigenvalue weighted by molar-refractivity contribution is 5.33. The molecule has 1 aliphatic rings. The lowest BCUT2D eigenvalue weighted by molar-refractivity contribution is -0.0616.